The number of hydrogen-bond acceptors (Lipinski definition) is 3. The fraction of sp³-hybridized carbons (Fsp3) is 0.333. The van der Waals surface area contributed by atoms with Crippen molar-refractivity contribution in [3.63, 3.8) is 0 Å². The number of aryl methyl sites for hydroxylation is 1. The Bertz CT molecular complexity index is 1170. The smallest absolute Gasteiger partial charge is 0.243 e. The molecule has 0 fully saturated rings. The van der Waals surface area contributed by atoms with E-state index in [1.165, 1.54) is 11.1 Å². The molecule has 2 amide bonds. The second-order valence-electron chi connectivity index (χ2n) is 9.04. The highest BCUT2D eigenvalue weighted by Crippen LogP contribution is 2.25. The summed E-state index contributed by atoms with van der Waals surface area (Å²) in [5, 5.41) is 3.93. The summed E-state index contributed by atoms with van der Waals surface area (Å²) in [7, 11) is 0. The molecular formula is C30H34Cl2N2O2S. The molecule has 1 N–H and O–H groups in total. The van der Waals surface area contributed by atoms with Crippen LogP contribution >= 0.6 is 35.0 Å². The molecule has 0 saturated heterocycles. The molecule has 0 radical (unpaired) electrons. The molecule has 0 heterocycles. The van der Waals surface area contributed by atoms with E-state index in [2.05, 4.69) is 31.3 Å². The number of hydrogen-bond donors (Lipinski definition) is 1. The van der Waals surface area contributed by atoms with Gasteiger partial charge in [-0.2, -0.15) is 0 Å². The van der Waals surface area contributed by atoms with Crippen LogP contribution in [0.5, 0.6) is 0 Å². The van der Waals surface area contributed by atoms with Crippen LogP contribution in [0.3, 0.4) is 0 Å². The average molecular weight is 558 g/mol. The zero-order chi connectivity index (χ0) is 26.6. The van der Waals surface area contributed by atoms with Crippen molar-refractivity contribution in [2.45, 2.75) is 51.4 Å². The van der Waals surface area contributed by atoms with Gasteiger partial charge in [-0.05, 0) is 47.7 Å². The van der Waals surface area contributed by atoms with Crippen LogP contribution in [0.4, 0.5) is 0 Å². The molecule has 4 nitrogen and oxygen atoms in total. The van der Waals surface area contributed by atoms with E-state index in [0.717, 1.165) is 29.7 Å². The van der Waals surface area contributed by atoms with Gasteiger partial charge in [0.15, 0.2) is 0 Å². The van der Waals surface area contributed by atoms with E-state index in [0.29, 0.717) is 23.0 Å². The van der Waals surface area contributed by atoms with Crippen LogP contribution in [0.2, 0.25) is 10.0 Å². The molecule has 7 heteroatoms. The van der Waals surface area contributed by atoms with Gasteiger partial charge in [0.25, 0.3) is 0 Å². The first-order chi connectivity index (χ1) is 17.9. The van der Waals surface area contributed by atoms with E-state index >= 15 is 0 Å². The minimum Gasteiger partial charge on any atom is -0.354 e. The second kappa shape index (κ2) is 15.1. The van der Waals surface area contributed by atoms with Crippen LogP contribution in [0.25, 0.3) is 0 Å². The standard InChI is InChI=1S/C30H34Cl2N2O2S/c1-3-4-16-33-30(36)28(18-23-11-6-5-7-12-23)34(19-24-14-15-26(31)27(32)17-24)29(35)21-37-20-25-13-9-8-10-22(25)2/h5-15,17,28H,3-4,16,18-21H2,1-2H3,(H,33,36)/t28-/m0/s1. The third kappa shape index (κ3) is 9.10. The Morgan fingerprint density at radius 1 is 0.946 bits per heavy atom. The van der Waals surface area contributed by atoms with Gasteiger partial charge in [0.2, 0.25) is 11.8 Å². The van der Waals surface area contributed by atoms with Gasteiger partial charge in [-0.15, -0.1) is 11.8 Å². The molecule has 0 aliphatic heterocycles. The molecule has 0 bridgehead atoms. The summed E-state index contributed by atoms with van der Waals surface area (Å²) < 4.78 is 0. The van der Waals surface area contributed by atoms with Gasteiger partial charge in [-0.1, -0.05) is 97.2 Å². The minimum absolute atomic E-state index is 0.0868. The molecule has 0 aliphatic rings. The first kappa shape index (κ1) is 29.1. The highest BCUT2D eigenvalue weighted by molar-refractivity contribution is 7.99. The lowest BCUT2D eigenvalue weighted by Gasteiger charge is -2.31. The molecule has 0 unspecified atom stereocenters. The zero-order valence-electron chi connectivity index (χ0n) is 21.4. The highest BCUT2D eigenvalue weighted by atomic mass is 35.5. The maximum absolute atomic E-state index is 13.7. The van der Waals surface area contributed by atoms with E-state index in [1.807, 2.05) is 48.5 Å². The van der Waals surface area contributed by atoms with Crippen LogP contribution < -0.4 is 5.32 Å². The Labute approximate surface area is 234 Å². The number of unbranched alkanes of at least 4 members (excludes halogenated alkanes) is 1. The summed E-state index contributed by atoms with van der Waals surface area (Å²) >= 11 is 14.0. The molecular weight excluding hydrogens is 523 g/mol. The van der Waals surface area contributed by atoms with Crippen LogP contribution in [-0.2, 0) is 28.3 Å². The first-order valence-electron chi connectivity index (χ1n) is 12.6. The van der Waals surface area contributed by atoms with Crippen LogP contribution in [0.15, 0.2) is 72.8 Å². The van der Waals surface area contributed by atoms with Crippen molar-refractivity contribution in [3.8, 4) is 0 Å². The number of carbonyl (C=O) groups is 2. The quantitative estimate of drug-likeness (QED) is 0.228. The maximum atomic E-state index is 13.7. The van der Waals surface area contributed by atoms with Crippen molar-refractivity contribution in [1.82, 2.24) is 10.2 Å². The third-order valence-electron chi connectivity index (χ3n) is 6.18. The van der Waals surface area contributed by atoms with Crippen molar-refractivity contribution in [2.24, 2.45) is 0 Å². The third-order valence-corrected chi connectivity index (χ3v) is 7.89. The molecule has 3 aromatic rings. The number of carbonyl (C=O) groups excluding carboxylic acids is 2. The van der Waals surface area contributed by atoms with Crippen LogP contribution in [0, 0.1) is 6.92 Å². The summed E-state index contributed by atoms with van der Waals surface area (Å²) in [6, 6.07) is 22.7. The van der Waals surface area contributed by atoms with Crippen molar-refractivity contribution in [2.75, 3.05) is 12.3 Å². The molecule has 3 aromatic carbocycles. The summed E-state index contributed by atoms with van der Waals surface area (Å²) in [6.07, 6.45) is 2.29. The molecule has 1 atom stereocenters. The maximum Gasteiger partial charge on any atom is 0.243 e. The Kier molecular flexibility index (Phi) is 11.8. The summed E-state index contributed by atoms with van der Waals surface area (Å²) in [6.45, 7) is 5.00. The fourth-order valence-electron chi connectivity index (χ4n) is 4.00. The average Bonchev–Trinajstić information content (AvgIpc) is 2.90. The predicted molar refractivity (Wildman–Crippen MR) is 156 cm³/mol. The lowest BCUT2D eigenvalue weighted by atomic mass is 10.0. The molecule has 0 aromatic heterocycles. The Morgan fingerprint density at radius 3 is 2.38 bits per heavy atom. The predicted octanol–water partition coefficient (Wildman–Crippen LogP) is 7.09. The molecule has 3 rings (SSSR count). The Balaban J connectivity index is 1.86. The topological polar surface area (TPSA) is 49.4 Å². The number of benzene rings is 3. The lowest BCUT2D eigenvalue weighted by Crippen LogP contribution is -2.51. The molecule has 196 valence electrons. The molecule has 0 spiro atoms. The van der Waals surface area contributed by atoms with Crippen molar-refractivity contribution in [1.29, 1.82) is 0 Å². The number of amides is 2. The van der Waals surface area contributed by atoms with Crippen LogP contribution in [0.1, 0.15) is 42.0 Å². The number of halogens is 2. The largest absolute Gasteiger partial charge is 0.354 e. The number of nitrogens with zero attached hydrogens (tertiary/aromatic N) is 1. The van der Waals surface area contributed by atoms with E-state index in [-0.39, 0.29) is 24.1 Å². The van der Waals surface area contributed by atoms with E-state index in [4.69, 9.17) is 23.2 Å². The van der Waals surface area contributed by atoms with Gasteiger partial charge in [-0.3, -0.25) is 9.59 Å². The van der Waals surface area contributed by atoms with E-state index < -0.39 is 6.04 Å². The monoisotopic (exact) mass is 556 g/mol. The minimum atomic E-state index is -0.653. The van der Waals surface area contributed by atoms with Crippen molar-refractivity contribution in [3.05, 3.63) is 105 Å². The van der Waals surface area contributed by atoms with E-state index in [9.17, 15) is 9.59 Å². The lowest BCUT2D eigenvalue weighted by molar-refractivity contribution is -0.139. The summed E-state index contributed by atoms with van der Waals surface area (Å²) in [5.74, 6) is 0.764. The Morgan fingerprint density at radius 2 is 1.68 bits per heavy atom. The van der Waals surface area contributed by atoms with Gasteiger partial charge in [0.05, 0.1) is 15.8 Å². The summed E-state index contributed by atoms with van der Waals surface area (Å²) in [4.78, 5) is 28.9. The van der Waals surface area contributed by atoms with E-state index in [1.54, 1.807) is 28.8 Å². The summed E-state index contributed by atoms with van der Waals surface area (Å²) in [5.41, 5.74) is 4.23. The Hall–Kier alpha value is -2.47. The van der Waals surface area contributed by atoms with Crippen molar-refractivity contribution >= 4 is 46.8 Å². The number of nitrogens with one attached hydrogen (secondary N) is 1. The number of thioether (sulfide) groups is 1. The zero-order valence-corrected chi connectivity index (χ0v) is 23.7. The van der Waals surface area contributed by atoms with Gasteiger partial charge >= 0.3 is 0 Å². The van der Waals surface area contributed by atoms with Gasteiger partial charge in [0, 0.05) is 25.3 Å². The molecule has 0 aliphatic carbocycles. The van der Waals surface area contributed by atoms with Gasteiger partial charge in [-0.25, -0.2) is 0 Å². The second-order valence-corrected chi connectivity index (χ2v) is 10.8. The highest BCUT2D eigenvalue weighted by Gasteiger charge is 2.30. The molecule has 37 heavy (non-hydrogen) atoms. The normalized spacial score (nSPS) is 11.7. The first-order valence-corrected chi connectivity index (χ1v) is 14.5. The number of rotatable bonds is 13. The molecule has 0 saturated carbocycles. The van der Waals surface area contributed by atoms with Gasteiger partial charge < -0.3 is 10.2 Å². The van der Waals surface area contributed by atoms with Crippen LogP contribution in [-0.4, -0.2) is 35.1 Å². The fourth-order valence-corrected chi connectivity index (χ4v) is 5.31. The van der Waals surface area contributed by atoms with Gasteiger partial charge in [0.1, 0.15) is 6.04 Å². The SMILES string of the molecule is CCCCNC(=O)[C@H](Cc1ccccc1)N(Cc1ccc(Cl)c(Cl)c1)C(=O)CSCc1ccccc1C. The van der Waals surface area contributed by atoms with Crippen molar-refractivity contribution < 1.29 is 9.59 Å².